The second-order valence-electron chi connectivity index (χ2n) is 5.68. The van der Waals surface area contributed by atoms with E-state index in [1.165, 1.54) is 0 Å². The summed E-state index contributed by atoms with van der Waals surface area (Å²) in [6.45, 7) is 2.48. The standard InChI is InChI=1S/C19H20BrN3O2/c1-11-18(21)19(15-8-13(20)5-7-16(15)23-11)22-10-12-4-6-14(24-2)9-17(12)25-3/h4-9H,10,21H2,1-3H3,(H,22,23). The summed E-state index contributed by atoms with van der Waals surface area (Å²) >= 11 is 3.51. The van der Waals surface area contributed by atoms with Gasteiger partial charge in [-0.25, -0.2) is 0 Å². The van der Waals surface area contributed by atoms with Gasteiger partial charge in [0.05, 0.1) is 36.8 Å². The number of fused-ring (bicyclic) bond motifs is 1. The highest BCUT2D eigenvalue weighted by Crippen LogP contribution is 2.33. The van der Waals surface area contributed by atoms with Crippen LogP contribution in [0.2, 0.25) is 0 Å². The number of aromatic nitrogens is 1. The summed E-state index contributed by atoms with van der Waals surface area (Å²) in [4.78, 5) is 4.56. The summed E-state index contributed by atoms with van der Waals surface area (Å²) in [7, 11) is 3.28. The maximum absolute atomic E-state index is 6.29. The van der Waals surface area contributed by atoms with E-state index in [2.05, 4.69) is 26.2 Å². The number of pyridine rings is 1. The maximum Gasteiger partial charge on any atom is 0.127 e. The second kappa shape index (κ2) is 7.19. The second-order valence-corrected chi connectivity index (χ2v) is 6.59. The monoisotopic (exact) mass is 401 g/mol. The topological polar surface area (TPSA) is 69.4 Å². The van der Waals surface area contributed by atoms with E-state index in [1.807, 2.05) is 43.3 Å². The van der Waals surface area contributed by atoms with E-state index in [-0.39, 0.29) is 0 Å². The highest BCUT2D eigenvalue weighted by Gasteiger charge is 2.12. The summed E-state index contributed by atoms with van der Waals surface area (Å²) < 4.78 is 11.7. The molecule has 25 heavy (non-hydrogen) atoms. The lowest BCUT2D eigenvalue weighted by Crippen LogP contribution is -2.07. The first-order valence-electron chi connectivity index (χ1n) is 7.83. The third-order valence-corrected chi connectivity index (χ3v) is 4.62. The molecule has 0 spiro atoms. The highest BCUT2D eigenvalue weighted by atomic mass is 79.9. The fourth-order valence-corrected chi connectivity index (χ4v) is 3.11. The van der Waals surface area contributed by atoms with Gasteiger partial charge in [0.2, 0.25) is 0 Å². The van der Waals surface area contributed by atoms with E-state index in [0.29, 0.717) is 12.2 Å². The molecule has 0 aliphatic carbocycles. The predicted octanol–water partition coefficient (Wildman–Crippen LogP) is 4.52. The molecule has 0 saturated heterocycles. The molecular formula is C19H20BrN3O2. The first-order chi connectivity index (χ1) is 12.0. The van der Waals surface area contributed by atoms with Crippen molar-refractivity contribution >= 4 is 38.2 Å². The Kier molecular flexibility index (Phi) is 4.99. The van der Waals surface area contributed by atoms with E-state index in [0.717, 1.165) is 43.8 Å². The van der Waals surface area contributed by atoms with Gasteiger partial charge in [0, 0.05) is 28.0 Å². The molecule has 0 unspecified atom stereocenters. The number of hydrogen-bond acceptors (Lipinski definition) is 5. The van der Waals surface area contributed by atoms with Crippen molar-refractivity contribution in [3.05, 3.63) is 52.1 Å². The van der Waals surface area contributed by atoms with Crippen LogP contribution in [-0.2, 0) is 6.54 Å². The summed E-state index contributed by atoms with van der Waals surface area (Å²) in [6, 6.07) is 11.7. The lowest BCUT2D eigenvalue weighted by Gasteiger charge is -2.16. The number of aryl methyl sites for hydroxylation is 1. The zero-order valence-corrected chi connectivity index (χ0v) is 16.0. The van der Waals surface area contributed by atoms with Crippen molar-refractivity contribution in [2.75, 3.05) is 25.3 Å². The third kappa shape index (κ3) is 3.49. The average molecular weight is 402 g/mol. The van der Waals surface area contributed by atoms with Crippen molar-refractivity contribution < 1.29 is 9.47 Å². The van der Waals surface area contributed by atoms with Crippen molar-refractivity contribution in [1.82, 2.24) is 4.98 Å². The van der Waals surface area contributed by atoms with Crippen LogP contribution in [0, 0.1) is 6.92 Å². The molecule has 0 amide bonds. The van der Waals surface area contributed by atoms with Gasteiger partial charge in [-0.2, -0.15) is 0 Å². The molecule has 0 saturated carbocycles. The molecule has 3 N–H and O–H groups in total. The van der Waals surface area contributed by atoms with Crippen molar-refractivity contribution in [3.63, 3.8) is 0 Å². The first kappa shape index (κ1) is 17.4. The lowest BCUT2D eigenvalue weighted by atomic mass is 10.1. The zero-order chi connectivity index (χ0) is 18.0. The number of ether oxygens (including phenoxy) is 2. The molecule has 3 rings (SSSR count). The van der Waals surface area contributed by atoms with Crippen molar-refractivity contribution in [1.29, 1.82) is 0 Å². The average Bonchev–Trinajstić information content (AvgIpc) is 2.62. The highest BCUT2D eigenvalue weighted by molar-refractivity contribution is 9.10. The maximum atomic E-state index is 6.29. The van der Waals surface area contributed by atoms with Gasteiger partial charge in [-0.3, -0.25) is 4.98 Å². The number of hydrogen-bond donors (Lipinski definition) is 2. The Hall–Kier alpha value is -2.47. The van der Waals surface area contributed by atoms with Crippen LogP contribution < -0.4 is 20.5 Å². The number of anilines is 2. The Morgan fingerprint density at radius 2 is 1.92 bits per heavy atom. The number of nitrogen functional groups attached to an aromatic ring is 1. The molecule has 2 aromatic carbocycles. The van der Waals surface area contributed by atoms with Crippen LogP contribution in [0.3, 0.4) is 0 Å². The van der Waals surface area contributed by atoms with Crippen LogP contribution in [-0.4, -0.2) is 19.2 Å². The molecule has 0 atom stereocenters. The molecular weight excluding hydrogens is 382 g/mol. The molecule has 1 aromatic heterocycles. The van der Waals surface area contributed by atoms with Gasteiger partial charge in [-0.05, 0) is 37.3 Å². The minimum Gasteiger partial charge on any atom is -0.497 e. The van der Waals surface area contributed by atoms with Gasteiger partial charge in [-0.15, -0.1) is 0 Å². The van der Waals surface area contributed by atoms with Crippen LogP contribution in [0.15, 0.2) is 40.9 Å². The largest absolute Gasteiger partial charge is 0.497 e. The molecule has 0 radical (unpaired) electrons. The lowest BCUT2D eigenvalue weighted by molar-refractivity contribution is 0.391. The van der Waals surface area contributed by atoms with Crippen LogP contribution in [0.25, 0.3) is 10.9 Å². The number of rotatable bonds is 5. The van der Waals surface area contributed by atoms with Crippen LogP contribution >= 0.6 is 15.9 Å². The summed E-state index contributed by atoms with van der Waals surface area (Å²) in [5.74, 6) is 1.52. The van der Waals surface area contributed by atoms with E-state index >= 15 is 0 Å². The summed E-state index contributed by atoms with van der Waals surface area (Å²) in [5, 5.41) is 4.42. The predicted molar refractivity (Wildman–Crippen MR) is 105 cm³/mol. The van der Waals surface area contributed by atoms with Crippen molar-refractivity contribution in [2.45, 2.75) is 13.5 Å². The molecule has 0 fully saturated rings. The Morgan fingerprint density at radius 3 is 2.64 bits per heavy atom. The molecule has 3 aromatic rings. The van der Waals surface area contributed by atoms with Gasteiger partial charge in [0.25, 0.3) is 0 Å². The van der Waals surface area contributed by atoms with Crippen molar-refractivity contribution in [3.8, 4) is 11.5 Å². The van der Waals surface area contributed by atoms with Crippen LogP contribution in [0.5, 0.6) is 11.5 Å². The summed E-state index contributed by atoms with van der Waals surface area (Å²) in [6.07, 6.45) is 0. The number of nitrogens with two attached hydrogens (primary N) is 1. The number of nitrogens with zero attached hydrogens (tertiary/aromatic N) is 1. The Labute approximate surface area is 155 Å². The fraction of sp³-hybridized carbons (Fsp3) is 0.211. The third-order valence-electron chi connectivity index (χ3n) is 4.13. The molecule has 1 heterocycles. The molecule has 0 aliphatic heterocycles. The number of nitrogens with one attached hydrogen (secondary N) is 1. The Bertz CT molecular complexity index is 928. The SMILES string of the molecule is COc1ccc(CNc2c(N)c(C)nc3ccc(Br)cc23)c(OC)c1. The molecule has 5 nitrogen and oxygen atoms in total. The van der Waals surface area contributed by atoms with Gasteiger partial charge >= 0.3 is 0 Å². The number of halogens is 1. The van der Waals surface area contributed by atoms with Gasteiger partial charge in [0.15, 0.2) is 0 Å². The van der Waals surface area contributed by atoms with Gasteiger partial charge < -0.3 is 20.5 Å². The van der Waals surface area contributed by atoms with E-state index in [4.69, 9.17) is 15.2 Å². The number of benzene rings is 2. The molecule has 130 valence electrons. The van der Waals surface area contributed by atoms with Crippen LogP contribution in [0.1, 0.15) is 11.3 Å². The Morgan fingerprint density at radius 1 is 1.12 bits per heavy atom. The number of methoxy groups -OCH3 is 2. The molecule has 0 aliphatic rings. The van der Waals surface area contributed by atoms with Gasteiger partial charge in [0.1, 0.15) is 11.5 Å². The molecule has 6 heteroatoms. The normalized spacial score (nSPS) is 10.7. The Balaban J connectivity index is 1.98. The minimum atomic E-state index is 0.572. The quantitative estimate of drug-likeness (QED) is 0.657. The minimum absolute atomic E-state index is 0.572. The van der Waals surface area contributed by atoms with Crippen LogP contribution in [0.4, 0.5) is 11.4 Å². The fourth-order valence-electron chi connectivity index (χ4n) is 2.74. The van der Waals surface area contributed by atoms with E-state index < -0.39 is 0 Å². The van der Waals surface area contributed by atoms with Crippen molar-refractivity contribution in [2.24, 2.45) is 0 Å². The molecule has 0 bridgehead atoms. The van der Waals surface area contributed by atoms with Gasteiger partial charge in [-0.1, -0.05) is 15.9 Å². The summed E-state index contributed by atoms with van der Waals surface area (Å²) in [5.41, 5.74) is 10.5. The van der Waals surface area contributed by atoms with E-state index in [9.17, 15) is 0 Å². The smallest absolute Gasteiger partial charge is 0.127 e. The first-order valence-corrected chi connectivity index (χ1v) is 8.63. The van der Waals surface area contributed by atoms with E-state index in [1.54, 1.807) is 14.2 Å². The zero-order valence-electron chi connectivity index (χ0n) is 14.4.